The van der Waals surface area contributed by atoms with E-state index in [0.29, 0.717) is 0 Å². The largest absolute Gasteiger partial charge is 0.491 e. The van der Waals surface area contributed by atoms with E-state index < -0.39 is 0 Å². The molecule has 2 rings (SSSR count). The number of benzene rings is 1. The number of nitrogens with one attached hydrogen (secondary N) is 1. The molecule has 0 atom stereocenters. The maximum atomic E-state index is 5.75. The Bertz CT molecular complexity index is 537. The zero-order chi connectivity index (χ0) is 13.0. The van der Waals surface area contributed by atoms with Crippen molar-refractivity contribution in [3.63, 3.8) is 0 Å². The highest BCUT2D eigenvalue weighted by atomic mass is 16.5. The van der Waals surface area contributed by atoms with Crippen LogP contribution in [-0.2, 0) is 0 Å². The standard InChI is InChI=1S/C15H20N2O/c1-4-9-18-13-8-6-7-12-10-11(3)15(16-5-2)17-14(12)13/h6-8,10H,4-5,9H2,1-3H3,(H,16,17). The molecule has 1 aromatic heterocycles. The van der Waals surface area contributed by atoms with Crippen molar-refractivity contribution in [1.82, 2.24) is 4.98 Å². The summed E-state index contributed by atoms with van der Waals surface area (Å²) in [5.74, 6) is 1.81. The van der Waals surface area contributed by atoms with Gasteiger partial charge in [-0.15, -0.1) is 0 Å². The Morgan fingerprint density at radius 2 is 2.11 bits per heavy atom. The van der Waals surface area contributed by atoms with E-state index in [9.17, 15) is 0 Å². The molecule has 1 aromatic carbocycles. The van der Waals surface area contributed by atoms with Crippen LogP contribution in [0.4, 0.5) is 5.82 Å². The van der Waals surface area contributed by atoms with Gasteiger partial charge in [0.15, 0.2) is 0 Å². The van der Waals surface area contributed by atoms with Gasteiger partial charge in [0.1, 0.15) is 17.1 Å². The molecule has 0 saturated heterocycles. The minimum atomic E-state index is 0.727. The molecular formula is C15H20N2O. The molecule has 1 N–H and O–H groups in total. The normalized spacial score (nSPS) is 10.6. The number of aryl methyl sites for hydroxylation is 1. The van der Waals surface area contributed by atoms with Gasteiger partial charge in [-0.05, 0) is 38.0 Å². The summed E-state index contributed by atoms with van der Waals surface area (Å²) in [5, 5.41) is 4.41. The van der Waals surface area contributed by atoms with Crippen molar-refractivity contribution in [2.24, 2.45) is 0 Å². The number of rotatable bonds is 5. The molecule has 2 aromatic rings. The van der Waals surface area contributed by atoms with Crippen LogP contribution >= 0.6 is 0 Å². The third-order valence-electron chi connectivity index (χ3n) is 2.81. The first-order chi connectivity index (χ1) is 8.76. The van der Waals surface area contributed by atoms with Crippen LogP contribution in [0.2, 0.25) is 0 Å². The van der Waals surface area contributed by atoms with Gasteiger partial charge >= 0.3 is 0 Å². The Morgan fingerprint density at radius 1 is 1.28 bits per heavy atom. The zero-order valence-corrected chi connectivity index (χ0v) is 11.3. The number of aromatic nitrogens is 1. The maximum Gasteiger partial charge on any atom is 0.145 e. The van der Waals surface area contributed by atoms with E-state index in [0.717, 1.165) is 47.6 Å². The minimum Gasteiger partial charge on any atom is -0.491 e. The first-order valence-electron chi connectivity index (χ1n) is 6.53. The SMILES string of the molecule is CCCOc1cccc2cc(C)c(NCC)nc12. The Morgan fingerprint density at radius 3 is 2.83 bits per heavy atom. The molecule has 18 heavy (non-hydrogen) atoms. The van der Waals surface area contributed by atoms with Crippen LogP contribution in [0.15, 0.2) is 24.3 Å². The topological polar surface area (TPSA) is 34.1 Å². The van der Waals surface area contributed by atoms with Crippen LogP contribution < -0.4 is 10.1 Å². The predicted octanol–water partition coefficient (Wildman–Crippen LogP) is 3.76. The third kappa shape index (κ3) is 2.55. The first-order valence-corrected chi connectivity index (χ1v) is 6.53. The molecule has 0 saturated carbocycles. The molecule has 3 nitrogen and oxygen atoms in total. The number of ether oxygens (including phenoxy) is 1. The van der Waals surface area contributed by atoms with E-state index in [1.807, 2.05) is 12.1 Å². The highest BCUT2D eigenvalue weighted by Crippen LogP contribution is 2.27. The van der Waals surface area contributed by atoms with E-state index in [4.69, 9.17) is 4.74 Å². The summed E-state index contributed by atoms with van der Waals surface area (Å²) in [6.45, 7) is 7.85. The van der Waals surface area contributed by atoms with Crippen LogP contribution in [0.3, 0.4) is 0 Å². The quantitative estimate of drug-likeness (QED) is 0.869. The smallest absolute Gasteiger partial charge is 0.145 e. The second kappa shape index (κ2) is 5.71. The van der Waals surface area contributed by atoms with E-state index in [1.165, 1.54) is 0 Å². The average molecular weight is 244 g/mol. The molecule has 0 aliphatic rings. The first kappa shape index (κ1) is 12.7. The van der Waals surface area contributed by atoms with Crippen molar-refractivity contribution in [1.29, 1.82) is 0 Å². The van der Waals surface area contributed by atoms with Gasteiger partial charge in [-0.2, -0.15) is 0 Å². The zero-order valence-electron chi connectivity index (χ0n) is 11.3. The average Bonchev–Trinajstić information content (AvgIpc) is 2.37. The molecule has 0 bridgehead atoms. The predicted molar refractivity (Wildman–Crippen MR) is 76.4 cm³/mol. The van der Waals surface area contributed by atoms with Gasteiger partial charge in [0.05, 0.1) is 6.61 Å². The van der Waals surface area contributed by atoms with Crippen LogP contribution in [-0.4, -0.2) is 18.1 Å². The Kier molecular flexibility index (Phi) is 4.03. The van der Waals surface area contributed by atoms with E-state index in [2.05, 4.69) is 43.2 Å². The Hall–Kier alpha value is -1.77. The Balaban J connectivity index is 2.48. The number of hydrogen-bond donors (Lipinski definition) is 1. The lowest BCUT2D eigenvalue weighted by atomic mass is 10.1. The lowest BCUT2D eigenvalue weighted by molar-refractivity contribution is 0.320. The van der Waals surface area contributed by atoms with Gasteiger partial charge in [0.2, 0.25) is 0 Å². The lowest BCUT2D eigenvalue weighted by Crippen LogP contribution is -2.03. The molecule has 0 fully saturated rings. The summed E-state index contributed by atoms with van der Waals surface area (Å²) >= 11 is 0. The van der Waals surface area contributed by atoms with Crippen molar-refractivity contribution in [2.45, 2.75) is 27.2 Å². The minimum absolute atomic E-state index is 0.727. The molecule has 0 radical (unpaired) electrons. The van der Waals surface area contributed by atoms with Crippen LogP contribution in [0, 0.1) is 6.92 Å². The highest BCUT2D eigenvalue weighted by molar-refractivity contribution is 5.86. The van der Waals surface area contributed by atoms with Gasteiger partial charge in [-0.3, -0.25) is 0 Å². The number of pyridine rings is 1. The van der Waals surface area contributed by atoms with Crippen LogP contribution in [0.1, 0.15) is 25.8 Å². The highest BCUT2D eigenvalue weighted by Gasteiger charge is 2.07. The molecule has 3 heteroatoms. The molecule has 96 valence electrons. The summed E-state index contributed by atoms with van der Waals surface area (Å²) in [7, 11) is 0. The fourth-order valence-electron chi connectivity index (χ4n) is 1.95. The molecule has 0 amide bonds. The number of fused-ring (bicyclic) bond motifs is 1. The summed E-state index contributed by atoms with van der Waals surface area (Å²) in [6.07, 6.45) is 1.00. The summed E-state index contributed by atoms with van der Waals surface area (Å²) < 4.78 is 5.75. The van der Waals surface area contributed by atoms with Crippen LogP contribution in [0.5, 0.6) is 5.75 Å². The van der Waals surface area contributed by atoms with Gasteiger partial charge in [-0.25, -0.2) is 4.98 Å². The summed E-state index contributed by atoms with van der Waals surface area (Å²) in [5.41, 5.74) is 2.10. The monoisotopic (exact) mass is 244 g/mol. The van der Waals surface area contributed by atoms with E-state index in [1.54, 1.807) is 0 Å². The molecule has 0 aliphatic heterocycles. The summed E-state index contributed by atoms with van der Waals surface area (Å²) in [6, 6.07) is 8.22. The van der Waals surface area contributed by atoms with E-state index >= 15 is 0 Å². The third-order valence-corrected chi connectivity index (χ3v) is 2.81. The van der Waals surface area contributed by atoms with Crippen LogP contribution in [0.25, 0.3) is 10.9 Å². The van der Waals surface area contributed by atoms with Crippen molar-refractivity contribution < 1.29 is 4.74 Å². The van der Waals surface area contributed by atoms with Crippen molar-refractivity contribution in [2.75, 3.05) is 18.5 Å². The second-order valence-corrected chi connectivity index (χ2v) is 4.36. The fraction of sp³-hybridized carbons (Fsp3) is 0.400. The summed E-state index contributed by atoms with van der Waals surface area (Å²) in [4.78, 5) is 4.68. The fourth-order valence-corrected chi connectivity index (χ4v) is 1.95. The number of nitrogens with zero attached hydrogens (tertiary/aromatic N) is 1. The Labute approximate surface area is 108 Å². The number of anilines is 1. The van der Waals surface area contributed by atoms with Gasteiger partial charge in [-0.1, -0.05) is 19.1 Å². The number of para-hydroxylation sites is 1. The van der Waals surface area contributed by atoms with Crippen molar-refractivity contribution >= 4 is 16.7 Å². The molecule has 0 spiro atoms. The van der Waals surface area contributed by atoms with Gasteiger partial charge in [0, 0.05) is 11.9 Å². The number of hydrogen-bond acceptors (Lipinski definition) is 3. The van der Waals surface area contributed by atoms with Gasteiger partial charge in [0.25, 0.3) is 0 Å². The van der Waals surface area contributed by atoms with E-state index in [-0.39, 0.29) is 0 Å². The molecule has 0 aliphatic carbocycles. The second-order valence-electron chi connectivity index (χ2n) is 4.36. The molecular weight excluding hydrogens is 224 g/mol. The molecule has 1 heterocycles. The van der Waals surface area contributed by atoms with Crippen molar-refractivity contribution in [3.05, 3.63) is 29.8 Å². The lowest BCUT2D eigenvalue weighted by Gasteiger charge is -2.11. The maximum absolute atomic E-state index is 5.75. The van der Waals surface area contributed by atoms with Gasteiger partial charge < -0.3 is 10.1 Å². The van der Waals surface area contributed by atoms with Crippen molar-refractivity contribution in [3.8, 4) is 5.75 Å². The molecule has 0 unspecified atom stereocenters.